The Morgan fingerprint density at radius 3 is 2.85 bits per heavy atom. The smallest absolute Gasteiger partial charge is 0.257 e. The first kappa shape index (κ1) is 16.9. The van der Waals surface area contributed by atoms with Crippen molar-refractivity contribution < 1.29 is 9.53 Å². The highest BCUT2D eigenvalue weighted by molar-refractivity contribution is 5.98. The van der Waals surface area contributed by atoms with E-state index in [1.165, 1.54) is 17.5 Å². The Morgan fingerprint density at radius 2 is 2.04 bits per heavy atom. The summed E-state index contributed by atoms with van der Waals surface area (Å²) >= 11 is 0. The molecule has 1 aliphatic heterocycles. The Morgan fingerprint density at radius 1 is 1.19 bits per heavy atom. The number of amides is 1. The van der Waals surface area contributed by atoms with E-state index in [9.17, 15) is 4.79 Å². The summed E-state index contributed by atoms with van der Waals surface area (Å²) in [5, 5.41) is 3.52. The van der Waals surface area contributed by atoms with Crippen LogP contribution in [-0.4, -0.2) is 36.0 Å². The van der Waals surface area contributed by atoms with Gasteiger partial charge in [-0.15, -0.1) is 0 Å². The number of anilines is 1. The first-order valence-electron chi connectivity index (χ1n) is 9.44. The number of hydrogen-bond donors (Lipinski definition) is 1. The van der Waals surface area contributed by atoms with Crippen molar-refractivity contribution in [3.05, 3.63) is 53.2 Å². The van der Waals surface area contributed by atoms with Crippen LogP contribution in [0.1, 0.15) is 53.2 Å². The maximum Gasteiger partial charge on any atom is 0.257 e. The Labute approximate surface area is 154 Å². The molecule has 4 rings (SSSR count). The standard InChI is InChI=1S/C21H25N3O2/c1-26-19-9-5-7-15-16(19)10-11-18(15)23-20-17(8-6-12-22-20)21(25)24-13-3-2-4-14-24/h5-9,12,18H,2-4,10-11,13-14H2,1H3,(H,22,23). The topological polar surface area (TPSA) is 54.5 Å². The van der Waals surface area contributed by atoms with Gasteiger partial charge < -0.3 is 15.0 Å². The van der Waals surface area contributed by atoms with E-state index in [-0.39, 0.29) is 11.9 Å². The molecule has 26 heavy (non-hydrogen) atoms. The van der Waals surface area contributed by atoms with Gasteiger partial charge in [0.05, 0.1) is 18.7 Å². The molecule has 1 aromatic carbocycles. The van der Waals surface area contributed by atoms with Crippen molar-refractivity contribution in [3.8, 4) is 5.75 Å². The first-order valence-corrected chi connectivity index (χ1v) is 9.44. The maximum atomic E-state index is 13.0. The molecule has 0 spiro atoms. The molecule has 1 saturated heterocycles. The van der Waals surface area contributed by atoms with Crippen LogP contribution in [0.2, 0.25) is 0 Å². The molecule has 0 radical (unpaired) electrons. The fourth-order valence-electron chi connectivity index (χ4n) is 4.09. The summed E-state index contributed by atoms with van der Waals surface area (Å²) in [6.07, 6.45) is 7.08. The van der Waals surface area contributed by atoms with Crippen LogP contribution in [0.15, 0.2) is 36.5 Å². The number of likely N-dealkylation sites (tertiary alicyclic amines) is 1. The van der Waals surface area contributed by atoms with Gasteiger partial charge in [-0.05, 0) is 61.4 Å². The molecule has 1 N–H and O–H groups in total. The minimum Gasteiger partial charge on any atom is -0.496 e. The lowest BCUT2D eigenvalue weighted by Gasteiger charge is -2.27. The molecule has 5 nitrogen and oxygen atoms in total. The summed E-state index contributed by atoms with van der Waals surface area (Å²) < 4.78 is 5.49. The Bertz CT molecular complexity index is 800. The van der Waals surface area contributed by atoms with Crippen LogP contribution >= 0.6 is 0 Å². The second kappa shape index (κ2) is 7.36. The monoisotopic (exact) mass is 351 g/mol. The normalized spacial score (nSPS) is 19.1. The lowest BCUT2D eigenvalue weighted by molar-refractivity contribution is 0.0725. The number of methoxy groups -OCH3 is 1. The second-order valence-corrected chi connectivity index (χ2v) is 7.02. The van der Waals surface area contributed by atoms with Crippen molar-refractivity contribution in [1.82, 2.24) is 9.88 Å². The lowest BCUT2D eigenvalue weighted by Crippen LogP contribution is -2.36. The predicted molar refractivity (Wildman–Crippen MR) is 102 cm³/mol. The van der Waals surface area contributed by atoms with Gasteiger partial charge in [0.1, 0.15) is 11.6 Å². The summed E-state index contributed by atoms with van der Waals surface area (Å²) in [5.41, 5.74) is 3.17. The van der Waals surface area contributed by atoms with E-state index < -0.39 is 0 Å². The van der Waals surface area contributed by atoms with Crippen LogP contribution in [0.25, 0.3) is 0 Å². The van der Waals surface area contributed by atoms with E-state index in [1.54, 1.807) is 13.3 Å². The van der Waals surface area contributed by atoms with Gasteiger partial charge in [-0.1, -0.05) is 12.1 Å². The van der Waals surface area contributed by atoms with Gasteiger partial charge in [-0.25, -0.2) is 4.98 Å². The van der Waals surface area contributed by atoms with Crippen molar-refractivity contribution in [2.75, 3.05) is 25.5 Å². The number of nitrogens with zero attached hydrogens (tertiary/aromatic N) is 2. The molecule has 0 saturated carbocycles. The molecule has 1 amide bonds. The highest BCUT2D eigenvalue weighted by Gasteiger charge is 2.27. The molecule has 5 heteroatoms. The second-order valence-electron chi connectivity index (χ2n) is 7.02. The number of pyridine rings is 1. The average Bonchev–Trinajstić information content (AvgIpc) is 3.11. The molecular formula is C21H25N3O2. The maximum absolute atomic E-state index is 13.0. The summed E-state index contributed by atoms with van der Waals surface area (Å²) in [7, 11) is 1.71. The largest absolute Gasteiger partial charge is 0.496 e. The van der Waals surface area contributed by atoms with Crippen molar-refractivity contribution in [2.24, 2.45) is 0 Å². The minimum atomic E-state index is 0.0872. The van der Waals surface area contributed by atoms with Gasteiger partial charge in [-0.2, -0.15) is 0 Å². The van der Waals surface area contributed by atoms with Gasteiger partial charge in [0.15, 0.2) is 0 Å². The van der Waals surface area contributed by atoms with Crippen molar-refractivity contribution in [3.63, 3.8) is 0 Å². The number of rotatable bonds is 4. The Balaban J connectivity index is 1.58. The zero-order valence-corrected chi connectivity index (χ0v) is 15.2. The third-order valence-electron chi connectivity index (χ3n) is 5.44. The molecular weight excluding hydrogens is 326 g/mol. The predicted octanol–water partition coefficient (Wildman–Crippen LogP) is 3.82. The van der Waals surface area contributed by atoms with Gasteiger partial charge in [0, 0.05) is 19.3 Å². The van der Waals surface area contributed by atoms with Crippen LogP contribution in [0.5, 0.6) is 5.75 Å². The van der Waals surface area contributed by atoms with Crippen LogP contribution in [0.4, 0.5) is 5.82 Å². The zero-order valence-electron chi connectivity index (χ0n) is 15.2. The van der Waals surface area contributed by atoms with Crippen molar-refractivity contribution >= 4 is 11.7 Å². The first-order chi connectivity index (χ1) is 12.8. The molecule has 1 unspecified atom stereocenters. The number of fused-ring (bicyclic) bond motifs is 1. The molecule has 2 aromatic rings. The highest BCUT2D eigenvalue weighted by atomic mass is 16.5. The van der Waals surface area contributed by atoms with E-state index in [4.69, 9.17) is 4.74 Å². The van der Waals surface area contributed by atoms with Crippen LogP contribution in [0.3, 0.4) is 0 Å². The molecule has 2 aliphatic rings. The number of nitrogens with one attached hydrogen (secondary N) is 1. The van der Waals surface area contributed by atoms with Crippen LogP contribution in [-0.2, 0) is 6.42 Å². The molecule has 1 aromatic heterocycles. The van der Waals surface area contributed by atoms with Crippen LogP contribution < -0.4 is 10.1 Å². The fourth-order valence-corrected chi connectivity index (χ4v) is 4.09. The van der Waals surface area contributed by atoms with E-state index in [2.05, 4.69) is 16.4 Å². The Kier molecular flexibility index (Phi) is 4.78. The summed E-state index contributed by atoms with van der Waals surface area (Å²) in [4.78, 5) is 19.4. The van der Waals surface area contributed by atoms with E-state index in [0.717, 1.165) is 44.5 Å². The minimum absolute atomic E-state index is 0.0872. The fraction of sp³-hybridized carbons (Fsp3) is 0.429. The quantitative estimate of drug-likeness (QED) is 0.910. The Hall–Kier alpha value is -2.56. The molecule has 1 aliphatic carbocycles. The van der Waals surface area contributed by atoms with Gasteiger partial charge in [-0.3, -0.25) is 4.79 Å². The number of benzene rings is 1. The zero-order chi connectivity index (χ0) is 17.9. The highest BCUT2D eigenvalue weighted by Crippen LogP contribution is 2.38. The van der Waals surface area contributed by atoms with Gasteiger partial charge >= 0.3 is 0 Å². The molecule has 0 bridgehead atoms. The third-order valence-corrected chi connectivity index (χ3v) is 5.44. The number of hydrogen-bond acceptors (Lipinski definition) is 4. The molecule has 2 heterocycles. The molecule has 1 fully saturated rings. The van der Waals surface area contributed by atoms with Gasteiger partial charge in [0.2, 0.25) is 0 Å². The molecule has 1 atom stereocenters. The van der Waals surface area contributed by atoms with Crippen molar-refractivity contribution in [1.29, 1.82) is 0 Å². The number of carbonyl (C=O) groups is 1. The van der Waals surface area contributed by atoms with E-state index >= 15 is 0 Å². The number of carbonyl (C=O) groups excluding carboxylic acids is 1. The van der Waals surface area contributed by atoms with Crippen molar-refractivity contribution in [2.45, 2.75) is 38.1 Å². The SMILES string of the molecule is COc1cccc2c1CCC2Nc1ncccc1C(=O)N1CCCCC1. The average molecular weight is 351 g/mol. The van der Waals surface area contributed by atoms with Gasteiger partial charge in [0.25, 0.3) is 5.91 Å². The third kappa shape index (κ3) is 3.14. The number of piperidine rings is 1. The van der Waals surface area contributed by atoms with E-state index in [0.29, 0.717) is 11.4 Å². The van der Waals surface area contributed by atoms with Crippen LogP contribution in [0, 0.1) is 0 Å². The summed E-state index contributed by atoms with van der Waals surface area (Å²) in [6, 6.07) is 10.0. The number of aromatic nitrogens is 1. The number of ether oxygens (including phenoxy) is 1. The molecule has 136 valence electrons. The summed E-state index contributed by atoms with van der Waals surface area (Å²) in [5.74, 6) is 1.71. The van der Waals surface area contributed by atoms with E-state index in [1.807, 2.05) is 29.2 Å². The lowest BCUT2D eigenvalue weighted by atomic mass is 10.1. The summed E-state index contributed by atoms with van der Waals surface area (Å²) in [6.45, 7) is 1.69.